The minimum atomic E-state index is 0.0147. The lowest BCUT2D eigenvalue weighted by molar-refractivity contribution is 0.0952. The van der Waals surface area contributed by atoms with Gasteiger partial charge in [0.15, 0.2) is 0 Å². The predicted molar refractivity (Wildman–Crippen MR) is 118 cm³/mol. The second-order valence-corrected chi connectivity index (χ2v) is 7.56. The summed E-state index contributed by atoms with van der Waals surface area (Å²) in [5.74, 6) is 0.0147. The van der Waals surface area contributed by atoms with E-state index in [-0.39, 0.29) is 5.91 Å². The van der Waals surface area contributed by atoms with Crippen LogP contribution in [0, 0.1) is 0 Å². The summed E-state index contributed by atoms with van der Waals surface area (Å²) >= 11 is 0. The average Bonchev–Trinajstić information content (AvgIpc) is 2.79. The van der Waals surface area contributed by atoms with E-state index < -0.39 is 0 Å². The number of piperazine rings is 1. The van der Waals surface area contributed by atoms with Crippen molar-refractivity contribution in [3.8, 4) is 0 Å². The van der Waals surface area contributed by atoms with Gasteiger partial charge in [-0.1, -0.05) is 30.3 Å². The Bertz CT molecular complexity index is 936. The quantitative estimate of drug-likeness (QED) is 0.629. The van der Waals surface area contributed by atoms with Crippen molar-refractivity contribution < 1.29 is 4.79 Å². The second-order valence-electron chi connectivity index (χ2n) is 7.56. The Morgan fingerprint density at radius 3 is 2.55 bits per heavy atom. The average molecular weight is 389 g/mol. The van der Waals surface area contributed by atoms with Crippen LogP contribution in [-0.4, -0.2) is 55.1 Å². The van der Waals surface area contributed by atoms with E-state index in [1.54, 1.807) is 0 Å². The molecule has 0 saturated carbocycles. The van der Waals surface area contributed by atoms with Gasteiger partial charge in [-0.15, -0.1) is 0 Å². The third-order valence-electron chi connectivity index (χ3n) is 5.58. The predicted octanol–water partition coefficient (Wildman–Crippen LogP) is 3.57. The molecule has 1 fully saturated rings. The first-order chi connectivity index (χ1) is 14.3. The molecule has 0 bridgehead atoms. The minimum Gasteiger partial charge on any atom is -0.368 e. The van der Waals surface area contributed by atoms with Crippen LogP contribution in [-0.2, 0) is 0 Å². The maximum atomic E-state index is 12.4. The number of benzene rings is 2. The lowest BCUT2D eigenvalue weighted by Crippen LogP contribution is -2.46. The molecule has 0 radical (unpaired) electrons. The number of nitrogens with one attached hydrogen (secondary N) is 1. The van der Waals surface area contributed by atoms with E-state index in [0.717, 1.165) is 68.4 Å². The van der Waals surface area contributed by atoms with Crippen molar-refractivity contribution in [3.63, 3.8) is 0 Å². The number of hydrogen-bond acceptors (Lipinski definition) is 4. The van der Waals surface area contributed by atoms with Crippen LogP contribution in [0.15, 0.2) is 67.0 Å². The summed E-state index contributed by atoms with van der Waals surface area (Å²) in [7, 11) is 0. The van der Waals surface area contributed by atoms with Gasteiger partial charge in [0.2, 0.25) is 0 Å². The Morgan fingerprint density at radius 2 is 1.76 bits per heavy atom. The molecule has 4 rings (SSSR count). The van der Waals surface area contributed by atoms with Crippen molar-refractivity contribution in [3.05, 3.63) is 72.6 Å². The summed E-state index contributed by atoms with van der Waals surface area (Å²) in [5, 5.41) is 5.32. The highest BCUT2D eigenvalue weighted by molar-refractivity contribution is 5.98. The molecule has 1 aliphatic rings. The first-order valence-corrected chi connectivity index (χ1v) is 10.4. The molecule has 0 atom stereocenters. The standard InChI is InChI=1S/C24H28N4O/c29-24(22-10-9-20-6-1-2-7-21(20)18-22)26-12-3-4-13-27-14-16-28(17-15-27)23-8-5-11-25-19-23/h1-2,5-11,18-19H,3-4,12-17H2,(H,26,29). The van der Waals surface area contributed by atoms with Gasteiger partial charge in [-0.05, 0) is 54.4 Å². The number of pyridine rings is 1. The van der Waals surface area contributed by atoms with Gasteiger partial charge in [0.1, 0.15) is 0 Å². The van der Waals surface area contributed by atoms with E-state index in [4.69, 9.17) is 0 Å². The number of hydrogen-bond donors (Lipinski definition) is 1. The third kappa shape index (κ3) is 5.12. The third-order valence-corrected chi connectivity index (χ3v) is 5.58. The highest BCUT2D eigenvalue weighted by atomic mass is 16.1. The summed E-state index contributed by atoms with van der Waals surface area (Å²) in [6.07, 6.45) is 5.86. The first-order valence-electron chi connectivity index (χ1n) is 10.4. The van der Waals surface area contributed by atoms with Crippen LogP contribution in [0.5, 0.6) is 0 Å². The monoisotopic (exact) mass is 388 g/mol. The van der Waals surface area contributed by atoms with Crippen LogP contribution in [0.3, 0.4) is 0 Å². The smallest absolute Gasteiger partial charge is 0.251 e. The van der Waals surface area contributed by atoms with E-state index in [9.17, 15) is 4.79 Å². The van der Waals surface area contributed by atoms with Gasteiger partial charge in [0.05, 0.1) is 11.9 Å². The van der Waals surface area contributed by atoms with Gasteiger partial charge in [-0.2, -0.15) is 0 Å². The lowest BCUT2D eigenvalue weighted by atomic mass is 10.1. The van der Waals surface area contributed by atoms with Crippen LogP contribution in [0.1, 0.15) is 23.2 Å². The molecule has 1 saturated heterocycles. The zero-order chi connectivity index (χ0) is 19.9. The molecule has 150 valence electrons. The number of aromatic nitrogens is 1. The fraction of sp³-hybridized carbons (Fsp3) is 0.333. The van der Waals surface area contributed by atoms with Gasteiger partial charge in [-0.25, -0.2) is 0 Å². The van der Waals surface area contributed by atoms with Crippen LogP contribution in [0.25, 0.3) is 10.8 Å². The molecule has 1 aromatic heterocycles. The van der Waals surface area contributed by atoms with E-state index >= 15 is 0 Å². The van der Waals surface area contributed by atoms with E-state index in [2.05, 4.69) is 32.2 Å². The normalized spacial score (nSPS) is 14.8. The lowest BCUT2D eigenvalue weighted by Gasteiger charge is -2.35. The fourth-order valence-electron chi connectivity index (χ4n) is 3.87. The molecule has 1 N–H and O–H groups in total. The zero-order valence-corrected chi connectivity index (χ0v) is 16.8. The molecule has 2 heterocycles. The van der Waals surface area contributed by atoms with Gasteiger partial charge < -0.3 is 10.2 Å². The molecule has 29 heavy (non-hydrogen) atoms. The van der Waals surface area contributed by atoms with Crippen molar-refractivity contribution >= 4 is 22.4 Å². The van der Waals surface area contributed by atoms with Crippen molar-refractivity contribution in [1.29, 1.82) is 0 Å². The van der Waals surface area contributed by atoms with Crippen molar-refractivity contribution in [2.24, 2.45) is 0 Å². The Hall–Kier alpha value is -2.92. The number of fused-ring (bicyclic) bond motifs is 1. The van der Waals surface area contributed by atoms with E-state index in [1.807, 2.05) is 54.9 Å². The van der Waals surface area contributed by atoms with E-state index in [1.165, 1.54) is 5.69 Å². The van der Waals surface area contributed by atoms with Crippen LogP contribution in [0.4, 0.5) is 5.69 Å². The Labute approximate surface area is 172 Å². The summed E-state index contributed by atoms with van der Waals surface area (Å²) in [6, 6.07) is 18.1. The largest absolute Gasteiger partial charge is 0.368 e. The Balaban J connectivity index is 1.14. The molecule has 0 spiro atoms. The topological polar surface area (TPSA) is 48.5 Å². The van der Waals surface area contributed by atoms with Gasteiger partial charge in [0.25, 0.3) is 5.91 Å². The molecule has 5 heteroatoms. The molecular formula is C24H28N4O. The molecule has 5 nitrogen and oxygen atoms in total. The van der Waals surface area contributed by atoms with Crippen LogP contribution < -0.4 is 10.2 Å². The highest BCUT2D eigenvalue weighted by Crippen LogP contribution is 2.16. The Morgan fingerprint density at radius 1 is 0.931 bits per heavy atom. The van der Waals surface area contributed by atoms with Gasteiger partial charge >= 0.3 is 0 Å². The molecule has 0 unspecified atom stereocenters. The first kappa shape index (κ1) is 19.4. The second kappa shape index (κ2) is 9.52. The summed E-state index contributed by atoms with van der Waals surface area (Å²) in [4.78, 5) is 21.5. The van der Waals surface area contributed by atoms with Crippen LogP contribution >= 0.6 is 0 Å². The highest BCUT2D eigenvalue weighted by Gasteiger charge is 2.16. The number of amides is 1. The number of nitrogens with zero attached hydrogens (tertiary/aromatic N) is 3. The molecular weight excluding hydrogens is 360 g/mol. The maximum Gasteiger partial charge on any atom is 0.251 e. The van der Waals surface area contributed by atoms with E-state index in [0.29, 0.717) is 0 Å². The van der Waals surface area contributed by atoms with Gasteiger partial charge in [0, 0.05) is 44.5 Å². The summed E-state index contributed by atoms with van der Waals surface area (Å²) in [6.45, 7) is 6.07. The number of unbranched alkanes of at least 4 members (excludes halogenated alkanes) is 1. The van der Waals surface area contributed by atoms with Crippen molar-refractivity contribution in [1.82, 2.24) is 15.2 Å². The maximum absolute atomic E-state index is 12.4. The number of carbonyl (C=O) groups excluding carboxylic acids is 1. The Kier molecular flexibility index (Phi) is 6.37. The molecule has 0 aliphatic carbocycles. The molecule has 1 amide bonds. The van der Waals surface area contributed by atoms with Crippen molar-refractivity contribution in [2.75, 3.05) is 44.2 Å². The number of anilines is 1. The summed E-state index contributed by atoms with van der Waals surface area (Å²) < 4.78 is 0. The molecule has 2 aromatic carbocycles. The molecule has 1 aliphatic heterocycles. The number of carbonyl (C=O) groups is 1. The summed E-state index contributed by atoms with van der Waals surface area (Å²) in [5.41, 5.74) is 1.94. The van der Waals surface area contributed by atoms with Crippen molar-refractivity contribution in [2.45, 2.75) is 12.8 Å². The minimum absolute atomic E-state index is 0.0147. The van der Waals surface area contributed by atoms with Gasteiger partial charge in [-0.3, -0.25) is 14.7 Å². The molecule has 3 aromatic rings. The zero-order valence-electron chi connectivity index (χ0n) is 16.8. The van der Waals surface area contributed by atoms with Crippen LogP contribution in [0.2, 0.25) is 0 Å². The fourth-order valence-corrected chi connectivity index (χ4v) is 3.87. The number of rotatable bonds is 7. The SMILES string of the molecule is O=C(NCCCCN1CCN(c2cccnc2)CC1)c1ccc2ccccc2c1.